The van der Waals surface area contributed by atoms with Crippen LogP contribution in [0.15, 0.2) is 0 Å². The molecular formula is C26H55N. The number of nitrogens with zero attached hydrogens (tertiary/aromatic N) is 1. The molecule has 0 rings (SSSR count). The van der Waals surface area contributed by atoms with E-state index in [1.165, 1.54) is 122 Å². The molecule has 2 unspecified atom stereocenters. The zero-order valence-electron chi connectivity index (χ0n) is 20.0. The fourth-order valence-electron chi connectivity index (χ4n) is 4.02. The monoisotopic (exact) mass is 381 g/mol. The van der Waals surface area contributed by atoms with Gasteiger partial charge in [0, 0.05) is 6.04 Å². The fourth-order valence-corrected chi connectivity index (χ4v) is 4.02. The van der Waals surface area contributed by atoms with Crippen LogP contribution >= 0.6 is 0 Å². The summed E-state index contributed by atoms with van der Waals surface area (Å²) in [5.74, 6) is 0.963. The lowest BCUT2D eigenvalue weighted by atomic mass is 9.95. The first-order valence-electron chi connectivity index (χ1n) is 12.7. The summed E-state index contributed by atoms with van der Waals surface area (Å²) in [5.41, 5.74) is 0. The zero-order valence-corrected chi connectivity index (χ0v) is 20.0. The average Bonchev–Trinajstić information content (AvgIpc) is 2.65. The third-order valence-electron chi connectivity index (χ3n) is 6.50. The average molecular weight is 382 g/mol. The van der Waals surface area contributed by atoms with Crippen LogP contribution in [0.2, 0.25) is 0 Å². The highest BCUT2D eigenvalue weighted by atomic mass is 15.1. The maximum atomic E-state index is 2.48. The van der Waals surface area contributed by atoms with Crippen LogP contribution in [0.4, 0.5) is 0 Å². The van der Waals surface area contributed by atoms with Gasteiger partial charge in [0.1, 0.15) is 0 Å². The Bertz CT molecular complexity index is 273. The second-order valence-electron chi connectivity index (χ2n) is 9.59. The number of hydrogen-bond donors (Lipinski definition) is 0. The SMILES string of the molecule is CCCCCCCCCC(C)CCCCCCCCCCCC(C)N(C)C. The van der Waals surface area contributed by atoms with Crippen molar-refractivity contribution in [1.82, 2.24) is 4.90 Å². The van der Waals surface area contributed by atoms with E-state index in [2.05, 4.69) is 39.8 Å². The molecule has 0 saturated carbocycles. The summed E-state index contributed by atoms with van der Waals surface area (Å²) < 4.78 is 0. The predicted octanol–water partition coefficient (Wildman–Crippen LogP) is 9.00. The van der Waals surface area contributed by atoms with E-state index >= 15 is 0 Å². The van der Waals surface area contributed by atoms with E-state index in [9.17, 15) is 0 Å². The van der Waals surface area contributed by atoms with E-state index in [-0.39, 0.29) is 0 Å². The van der Waals surface area contributed by atoms with Gasteiger partial charge in [0.25, 0.3) is 0 Å². The van der Waals surface area contributed by atoms with Gasteiger partial charge >= 0.3 is 0 Å². The van der Waals surface area contributed by atoms with Crippen LogP contribution in [0.1, 0.15) is 143 Å². The highest BCUT2D eigenvalue weighted by Gasteiger charge is 2.04. The van der Waals surface area contributed by atoms with Gasteiger partial charge in [0.05, 0.1) is 0 Å². The van der Waals surface area contributed by atoms with E-state index in [1.54, 1.807) is 0 Å². The topological polar surface area (TPSA) is 3.24 Å². The number of unbranched alkanes of at least 4 members (excludes halogenated alkanes) is 14. The van der Waals surface area contributed by atoms with Crippen LogP contribution in [0.25, 0.3) is 0 Å². The van der Waals surface area contributed by atoms with Gasteiger partial charge in [-0.05, 0) is 33.4 Å². The lowest BCUT2D eigenvalue weighted by molar-refractivity contribution is 0.291. The van der Waals surface area contributed by atoms with Crippen molar-refractivity contribution in [1.29, 1.82) is 0 Å². The van der Waals surface area contributed by atoms with E-state index in [1.807, 2.05) is 0 Å². The summed E-state index contributed by atoms with van der Waals surface area (Å²) in [5, 5.41) is 0. The Morgan fingerprint density at radius 1 is 0.481 bits per heavy atom. The molecule has 0 N–H and O–H groups in total. The normalized spacial score (nSPS) is 14.0. The Morgan fingerprint density at radius 3 is 1.19 bits per heavy atom. The third-order valence-corrected chi connectivity index (χ3v) is 6.50. The van der Waals surface area contributed by atoms with Crippen LogP contribution in [0, 0.1) is 5.92 Å². The van der Waals surface area contributed by atoms with E-state index in [0.29, 0.717) is 0 Å². The van der Waals surface area contributed by atoms with Crippen molar-refractivity contribution in [3.63, 3.8) is 0 Å². The maximum Gasteiger partial charge on any atom is 0.00608 e. The largest absolute Gasteiger partial charge is 0.307 e. The first kappa shape index (κ1) is 27.0. The highest BCUT2D eigenvalue weighted by Crippen LogP contribution is 2.19. The minimum atomic E-state index is 0.748. The molecule has 0 amide bonds. The molecule has 0 radical (unpaired) electrons. The van der Waals surface area contributed by atoms with E-state index in [4.69, 9.17) is 0 Å². The van der Waals surface area contributed by atoms with Gasteiger partial charge in [-0.15, -0.1) is 0 Å². The van der Waals surface area contributed by atoms with Gasteiger partial charge in [0.2, 0.25) is 0 Å². The Kier molecular flexibility index (Phi) is 20.7. The molecule has 1 heteroatoms. The summed E-state index contributed by atoms with van der Waals surface area (Å²) in [4.78, 5) is 2.34. The van der Waals surface area contributed by atoms with Gasteiger partial charge in [0.15, 0.2) is 0 Å². The molecule has 0 aliphatic rings. The zero-order chi connectivity index (χ0) is 20.2. The van der Waals surface area contributed by atoms with Crippen molar-refractivity contribution in [3.8, 4) is 0 Å². The summed E-state index contributed by atoms with van der Waals surface area (Å²) in [6.07, 6.45) is 27.6. The van der Waals surface area contributed by atoms with Crippen LogP contribution in [-0.2, 0) is 0 Å². The van der Waals surface area contributed by atoms with Crippen molar-refractivity contribution >= 4 is 0 Å². The molecule has 0 aliphatic heterocycles. The molecule has 0 bridgehead atoms. The first-order valence-corrected chi connectivity index (χ1v) is 12.7. The summed E-state index contributed by atoms with van der Waals surface area (Å²) in [6.45, 7) is 7.13. The second-order valence-corrected chi connectivity index (χ2v) is 9.59. The highest BCUT2D eigenvalue weighted by molar-refractivity contribution is 4.59. The van der Waals surface area contributed by atoms with Gasteiger partial charge in [-0.1, -0.05) is 129 Å². The van der Waals surface area contributed by atoms with Gasteiger partial charge in [-0.3, -0.25) is 0 Å². The lowest BCUT2D eigenvalue weighted by Crippen LogP contribution is -2.24. The molecule has 0 fully saturated rings. The molecule has 0 aromatic heterocycles. The number of hydrogen-bond acceptors (Lipinski definition) is 1. The molecule has 0 aromatic carbocycles. The molecule has 0 heterocycles. The van der Waals surface area contributed by atoms with Gasteiger partial charge in [-0.2, -0.15) is 0 Å². The predicted molar refractivity (Wildman–Crippen MR) is 126 cm³/mol. The van der Waals surface area contributed by atoms with Crippen LogP contribution in [0.3, 0.4) is 0 Å². The van der Waals surface area contributed by atoms with Gasteiger partial charge in [-0.25, -0.2) is 0 Å². The molecule has 0 aromatic rings. The standard InChI is InChI=1S/C26H55N/c1-6-7-8-9-13-16-19-22-25(2)23-20-17-14-11-10-12-15-18-21-24-26(3)27(4)5/h25-26H,6-24H2,1-5H3. The quantitative estimate of drug-likeness (QED) is 0.179. The maximum absolute atomic E-state index is 2.48. The molecule has 0 saturated heterocycles. The molecule has 164 valence electrons. The Hall–Kier alpha value is -0.0400. The Labute approximate surface area is 174 Å². The Morgan fingerprint density at radius 2 is 0.815 bits per heavy atom. The summed E-state index contributed by atoms with van der Waals surface area (Å²) in [7, 11) is 4.39. The minimum Gasteiger partial charge on any atom is -0.307 e. The molecule has 27 heavy (non-hydrogen) atoms. The van der Waals surface area contributed by atoms with E-state index < -0.39 is 0 Å². The van der Waals surface area contributed by atoms with Crippen molar-refractivity contribution in [3.05, 3.63) is 0 Å². The first-order chi connectivity index (χ1) is 13.1. The van der Waals surface area contributed by atoms with Gasteiger partial charge < -0.3 is 4.90 Å². The smallest absolute Gasteiger partial charge is 0.00608 e. The molecule has 0 aliphatic carbocycles. The van der Waals surface area contributed by atoms with Crippen molar-refractivity contribution in [2.45, 2.75) is 149 Å². The number of rotatable bonds is 21. The van der Waals surface area contributed by atoms with E-state index in [0.717, 1.165) is 12.0 Å². The van der Waals surface area contributed by atoms with Crippen LogP contribution < -0.4 is 0 Å². The molecule has 0 spiro atoms. The van der Waals surface area contributed by atoms with Crippen molar-refractivity contribution < 1.29 is 0 Å². The van der Waals surface area contributed by atoms with Crippen molar-refractivity contribution in [2.75, 3.05) is 14.1 Å². The fraction of sp³-hybridized carbons (Fsp3) is 1.00. The van der Waals surface area contributed by atoms with Crippen LogP contribution in [0.5, 0.6) is 0 Å². The summed E-state index contributed by atoms with van der Waals surface area (Å²) >= 11 is 0. The van der Waals surface area contributed by atoms with Crippen LogP contribution in [-0.4, -0.2) is 25.0 Å². The summed E-state index contributed by atoms with van der Waals surface area (Å²) in [6, 6.07) is 0.748. The molecule has 2 atom stereocenters. The second kappa shape index (κ2) is 20.7. The lowest BCUT2D eigenvalue weighted by Gasteiger charge is -2.19. The van der Waals surface area contributed by atoms with Crippen molar-refractivity contribution in [2.24, 2.45) is 5.92 Å². The Balaban J connectivity index is 3.19. The molecule has 1 nitrogen and oxygen atoms in total. The minimum absolute atomic E-state index is 0.748. The third kappa shape index (κ3) is 20.5. The molecular weight excluding hydrogens is 326 g/mol.